The lowest BCUT2D eigenvalue weighted by Gasteiger charge is -1.87. The molecule has 0 radical (unpaired) electrons. The van der Waals surface area contributed by atoms with Crippen LogP contribution >= 0.6 is 11.8 Å². The summed E-state index contributed by atoms with van der Waals surface area (Å²) in [6, 6.07) is 0. The third kappa shape index (κ3) is 0.611. The second-order valence-corrected chi connectivity index (χ2v) is 3.46. The molecule has 2 nitrogen and oxygen atoms in total. The second-order valence-electron chi connectivity index (χ2n) is 2.37. The Balaban J connectivity index is 2.10. The summed E-state index contributed by atoms with van der Waals surface area (Å²) in [7, 11) is 0. The van der Waals surface area contributed by atoms with E-state index in [1.807, 2.05) is 11.5 Å². The first-order chi connectivity index (χ1) is 4.30. The molecule has 1 heterocycles. The third-order valence-corrected chi connectivity index (χ3v) is 3.06. The lowest BCUT2D eigenvalue weighted by molar-refractivity contribution is -0.138. The molecule has 0 spiro atoms. The number of carbonyl (C=O) groups is 1. The van der Waals surface area contributed by atoms with Crippen LogP contribution in [0.2, 0.25) is 0 Å². The van der Waals surface area contributed by atoms with Gasteiger partial charge in [-0.3, -0.25) is 4.79 Å². The largest absolute Gasteiger partial charge is 0.481 e. The van der Waals surface area contributed by atoms with Gasteiger partial charge in [0.1, 0.15) is 0 Å². The van der Waals surface area contributed by atoms with Gasteiger partial charge < -0.3 is 5.11 Å². The molecule has 0 amide bonds. The third-order valence-electron chi connectivity index (χ3n) is 1.83. The SMILES string of the molecule is O=C(O)[C@@H]1[C@H]2C=CS[C@H]21. The van der Waals surface area contributed by atoms with Gasteiger partial charge in [-0.2, -0.15) is 0 Å². The molecule has 1 aliphatic heterocycles. The number of carboxylic acids is 1. The number of allylic oxidation sites excluding steroid dienone is 1. The number of hydrogen-bond donors (Lipinski definition) is 1. The Morgan fingerprint density at radius 3 is 2.78 bits per heavy atom. The van der Waals surface area contributed by atoms with E-state index in [0.29, 0.717) is 11.2 Å². The van der Waals surface area contributed by atoms with E-state index in [0.717, 1.165) is 0 Å². The van der Waals surface area contributed by atoms with Gasteiger partial charge in [0.2, 0.25) is 0 Å². The monoisotopic (exact) mass is 142 g/mol. The summed E-state index contributed by atoms with van der Waals surface area (Å²) in [5.74, 6) is -0.352. The maximum atomic E-state index is 10.3. The molecule has 0 saturated heterocycles. The molecule has 2 aliphatic rings. The fourth-order valence-electron chi connectivity index (χ4n) is 1.24. The fraction of sp³-hybridized carbons (Fsp3) is 0.500. The summed E-state index contributed by atoms with van der Waals surface area (Å²) in [5, 5.41) is 10.9. The van der Waals surface area contributed by atoms with Crippen LogP contribution in [0.4, 0.5) is 0 Å². The van der Waals surface area contributed by atoms with E-state index in [9.17, 15) is 4.79 Å². The average molecular weight is 142 g/mol. The van der Waals surface area contributed by atoms with Gasteiger partial charge >= 0.3 is 5.97 Å². The number of hydrogen-bond acceptors (Lipinski definition) is 2. The maximum absolute atomic E-state index is 10.3. The predicted octanol–water partition coefficient (Wildman–Crippen LogP) is 0.946. The highest BCUT2D eigenvalue weighted by atomic mass is 32.2. The average Bonchev–Trinajstić information content (AvgIpc) is 2.30. The summed E-state index contributed by atoms with van der Waals surface area (Å²) in [6.45, 7) is 0. The molecule has 0 aromatic heterocycles. The van der Waals surface area contributed by atoms with E-state index in [1.165, 1.54) is 0 Å². The number of rotatable bonds is 1. The van der Waals surface area contributed by atoms with Gasteiger partial charge in [0.15, 0.2) is 0 Å². The molecule has 1 fully saturated rings. The molecule has 1 N–H and O–H groups in total. The first-order valence-electron chi connectivity index (χ1n) is 2.85. The number of carboxylic acid groups (broad SMARTS) is 1. The van der Waals surface area contributed by atoms with Crippen molar-refractivity contribution >= 4 is 17.7 Å². The van der Waals surface area contributed by atoms with Crippen molar-refractivity contribution in [1.29, 1.82) is 0 Å². The van der Waals surface area contributed by atoms with Gasteiger partial charge in [-0.05, 0) is 5.41 Å². The zero-order valence-electron chi connectivity index (χ0n) is 4.65. The van der Waals surface area contributed by atoms with Crippen molar-refractivity contribution in [2.45, 2.75) is 5.25 Å². The van der Waals surface area contributed by atoms with Crippen molar-refractivity contribution in [3.05, 3.63) is 11.5 Å². The van der Waals surface area contributed by atoms with Gasteiger partial charge in [-0.15, -0.1) is 11.8 Å². The van der Waals surface area contributed by atoms with Crippen molar-refractivity contribution in [3.63, 3.8) is 0 Å². The minimum Gasteiger partial charge on any atom is -0.481 e. The topological polar surface area (TPSA) is 37.3 Å². The molecule has 9 heavy (non-hydrogen) atoms. The van der Waals surface area contributed by atoms with Crippen molar-refractivity contribution in [1.82, 2.24) is 0 Å². The van der Waals surface area contributed by atoms with Crippen LogP contribution in [0.15, 0.2) is 11.5 Å². The van der Waals surface area contributed by atoms with E-state index in [-0.39, 0.29) is 5.92 Å². The highest BCUT2D eigenvalue weighted by molar-refractivity contribution is 8.03. The van der Waals surface area contributed by atoms with Crippen LogP contribution in [0.3, 0.4) is 0 Å². The van der Waals surface area contributed by atoms with Gasteiger partial charge in [0.25, 0.3) is 0 Å². The van der Waals surface area contributed by atoms with Crippen LogP contribution in [0.25, 0.3) is 0 Å². The summed E-state index contributed by atoms with van der Waals surface area (Å²) in [4.78, 5) is 10.3. The second kappa shape index (κ2) is 1.53. The number of aliphatic carboxylic acids is 1. The predicted molar refractivity (Wildman–Crippen MR) is 35.1 cm³/mol. The fourth-order valence-corrected chi connectivity index (χ4v) is 2.51. The molecular weight excluding hydrogens is 136 g/mol. The molecule has 3 heteroatoms. The Morgan fingerprint density at radius 2 is 2.44 bits per heavy atom. The van der Waals surface area contributed by atoms with E-state index in [4.69, 9.17) is 5.11 Å². The van der Waals surface area contributed by atoms with Gasteiger partial charge in [-0.25, -0.2) is 0 Å². The van der Waals surface area contributed by atoms with Crippen LogP contribution in [-0.2, 0) is 4.79 Å². The van der Waals surface area contributed by atoms with E-state index in [1.54, 1.807) is 11.8 Å². The molecule has 3 atom stereocenters. The molecule has 48 valence electrons. The zero-order chi connectivity index (χ0) is 6.43. The Morgan fingerprint density at radius 1 is 1.67 bits per heavy atom. The van der Waals surface area contributed by atoms with E-state index < -0.39 is 5.97 Å². The molecule has 0 aromatic rings. The summed E-state index contributed by atoms with van der Waals surface area (Å²) >= 11 is 1.65. The minimum absolute atomic E-state index is 0.0694. The lowest BCUT2D eigenvalue weighted by Crippen LogP contribution is -2.01. The van der Waals surface area contributed by atoms with Crippen molar-refractivity contribution in [3.8, 4) is 0 Å². The van der Waals surface area contributed by atoms with E-state index in [2.05, 4.69) is 0 Å². The van der Waals surface area contributed by atoms with Crippen LogP contribution in [0.5, 0.6) is 0 Å². The maximum Gasteiger partial charge on any atom is 0.308 e. The lowest BCUT2D eigenvalue weighted by atomic mass is 10.3. The van der Waals surface area contributed by atoms with Crippen LogP contribution < -0.4 is 0 Å². The summed E-state index contributed by atoms with van der Waals surface area (Å²) in [6.07, 6.45) is 1.99. The van der Waals surface area contributed by atoms with E-state index >= 15 is 0 Å². The Hall–Kier alpha value is -0.440. The van der Waals surface area contributed by atoms with Gasteiger partial charge in [0, 0.05) is 11.2 Å². The molecule has 0 aromatic carbocycles. The highest BCUT2D eigenvalue weighted by Crippen LogP contribution is 2.54. The van der Waals surface area contributed by atoms with Crippen LogP contribution in [0, 0.1) is 11.8 Å². The van der Waals surface area contributed by atoms with Crippen LogP contribution in [0.1, 0.15) is 0 Å². The first-order valence-corrected chi connectivity index (χ1v) is 3.80. The minimum atomic E-state index is -0.637. The van der Waals surface area contributed by atoms with Crippen molar-refractivity contribution < 1.29 is 9.90 Å². The summed E-state index contributed by atoms with van der Waals surface area (Å²) in [5.41, 5.74) is 0. The molecular formula is C6H6O2S. The molecule has 1 aliphatic carbocycles. The molecule has 2 rings (SSSR count). The smallest absolute Gasteiger partial charge is 0.308 e. The van der Waals surface area contributed by atoms with Gasteiger partial charge in [0.05, 0.1) is 5.92 Å². The highest BCUT2D eigenvalue weighted by Gasteiger charge is 2.55. The quantitative estimate of drug-likeness (QED) is 0.592. The normalized spacial score (nSPS) is 44.7. The molecule has 0 bridgehead atoms. The molecule has 1 saturated carbocycles. The first kappa shape index (κ1) is 5.35. The Bertz CT molecular complexity index is 187. The Kier molecular flexibility index (Phi) is 0.913. The number of fused-ring (bicyclic) bond motifs is 1. The van der Waals surface area contributed by atoms with Crippen LogP contribution in [-0.4, -0.2) is 16.3 Å². The standard InChI is InChI=1S/C6H6O2S/c7-6(8)4-3-1-2-9-5(3)4/h1-5H,(H,7,8)/t3-,4-,5-/m1/s1. The zero-order valence-corrected chi connectivity index (χ0v) is 5.47. The van der Waals surface area contributed by atoms with Crippen molar-refractivity contribution in [2.75, 3.05) is 0 Å². The van der Waals surface area contributed by atoms with Gasteiger partial charge in [-0.1, -0.05) is 6.08 Å². The molecule has 0 unspecified atom stereocenters. The number of thioether (sulfide) groups is 1. The summed E-state index contributed by atoms with van der Waals surface area (Å²) < 4.78 is 0. The van der Waals surface area contributed by atoms with Crippen molar-refractivity contribution in [2.24, 2.45) is 11.8 Å². The Labute approximate surface area is 56.9 Å².